The SMILES string of the molecule is Cc1ccccc1CCCCCCCCCCc1cccc(O)c1O. The first kappa shape index (κ1) is 19.4. The predicted octanol–water partition coefficient (Wildman–Crippen LogP) is 6.31. The average Bonchev–Trinajstić information content (AvgIpc) is 2.61. The Balaban J connectivity index is 1.46. The van der Waals surface area contributed by atoms with Crippen LogP contribution in [-0.2, 0) is 12.8 Å². The largest absolute Gasteiger partial charge is 0.504 e. The fourth-order valence-corrected chi connectivity index (χ4v) is 3.36. The summed E-state index contributed by atoms with van der Waals surface area (Å²) in [7, 11) is 0. The molecule has 0 unspecified atom stereocenters. The van der Waals surface area contributed by atoms with E-state index in [0.29, 0.717) is 0 Å². The summed E-state index contributed by atoms with van der Waals surface area (Å²) < 4.78 is 0. The van der Waals surface area contributed by atoms with Gasteiger partial charge in [-0.1, -0.05) is 74.9 Å². The minimum absolute atomic E-state index is 0.0109. The lowest BCUT2D eigenvalue weighted by Crippen LogP contribution is -1.90. The van der Waals surface area contributed by atoms with Crippen molar-refractivity contribution in [3.63, 3.8) is 0 Å². The lowest BCUT2D eigenvalue weighted by molar-refractivity contribution is 0.398. The third-order valence-electron chi connectivity index (χ3n) is 5.00. The molecule has 0 aromatic heterocycles. The molecule has 0 fully saturated rings. The number of aryl methyl sites for hydroxylation is 3. The highest BCUT2D eigenvalue weighted by Crippen LogP contribution is 2.29. The first-order valence-electron chi connectivity index (χ1n) is 9.73. The first-order chi connectivity index (χ1) is 12.2. The van der Waals surface area contributed by atoms with Crippen LogP contribution in [0.3, 0.4) is 0 Å². The van der Waals surface area contributed by atoms with Gasteiger partial charge in [-0.25, -0.2) is 0 Å². The van der Waals surface area contributed by atoms with Gasteiger partial charge in [0.25, 0.3) is 0 Å². The molecule has 0 saturated heterocycles. The zero-order chi connectivity index (χ0) is 17.9. The van der Waals surface area contributed by atoms with E-state index in [1.54, 1.807) is 6.07 Å². The molecule has 2 nitrogen and oxygen atoms in total. The zero-order valence-corrected chi connectivity index (χ0v) is 15.5. The van der Waals surface area contributed by atoms with Gasteiger partial charge in [0.05, 0.1) is 0 Å². The highest BCUT2D eigenvalue weighted by atomic mass is 16.3. The number of hydrogen-bond donors (Lipinski definition) is 2. The van der Waals surface area contributed by atoms with Crippen molar-refractivity contribution in [3.05, 3.63) is 59.2 Å². The van der Waals surface area contributed by atoms with Crippen LogP contribution in [0, 0.1) is 6.92 Å². The average molecular weight is 341 g/mol. The quantitative estimate of drug-likeness (QED) is 0.371. The molecule has 0 spiro atoms. The fraction of sp³-hybridized carbons (Fsp3) is 0.478. The third kappa shape index (κ3) is 6.81. The molecule has 0 aliphatic carbocycles. The maximum absolute atomic E-state index is 9.77. The van der Waals surface area contributed by atoms with Crippen molar-refractivity contribution in [2.45, 2.75) is 71.1 Å². The van der Waals surface area contributed by atoms with Crippen molar-refractivity contribution in [2.24, 2.45) is 0 Å². The molecule has 2 heteroatoms. The number of hydrogen-bond acceptors (Lipinski definition) is 2. The molecule has 0 bridgehead atoms. The van der Waals surface area contributed by atoms with E-state index in [2.05, 4.69) is 31.2 Å². The van der Waals surface area contributed by atoms with Gasteiger partial charge < -0.3 is 10.2 Å². The molecule has 2 aromatic rings. The van der Waals surface area contributed by atoms with Gasteiger partial charge in [-0.15, -0.1) is 0 Å². The number of benzene rings is 2. The van der Waals surface area contributed by atoms with Crippen LogP contribution in [0.15, 0.2) is 42.5 Å². The molecule has 0 heterocycles. The van der Waals surface area contributed by atoms with Crippen molar-refractivity contribution in [1.29, 1.82) is 0 Å². The van der Waals surface area contributed by atoms with E-state index >= 15 is 0 Å². The van der Waals surface area contributed by atoms with Crippen molar-refractivity contribution < 1.29 is 10.2 Å². The molecule has 2 N–H and O–H groups in total. The molecule has 25 heavy (non-hydrogen) atoms. The standard InChI is InChI=1S/C23H32O2/c1-19-13-10-11-15-20(19)14-8-6-4-2-3-5-7-9-16-21-17-12-18-22(24)23(21)25/h10-13,15,17-18,24-25H,2-9,14,16H2,1H3. The second-order valence-corrected chi connectivity index (χ2v) is 7.04. The van der Waals surface area contributed by atoms with E-state index in [0.717, 1.165) is 18.4 Å². The number of phenols is 2. The lowest BCUT2D eigenvalue weighted by Gasteiger charge is -2.06. The molecule has 0 aliphatic rings. The van der Waals surface area contributed by atoms with Crippen molar-refractivity contribution in [3.8, 4) is 11.5 Å². The third-order valence-corrected chi connectivity index (χ3v) is 5.00. The normalized spacial score (nSPS) is 10.9. The lowest BCUT2D eigenvalue weighted by atomic mass is 10.0. The van der Waals surface area contributed by atoms with E-state index in [9.17, 15) is 10.2 Å². The Bertz CT molecular complexity index is 634. The minimum Gasteiger partial charge on any atom is -0.504 e. The van der Waals surface area contributed by atoms with E-state index in [-0.39, 0.29) is 11.5 Å². The summed E-state index contributed by atoms with van der Waals surface area (Å²) in [6.45, 7) is 2.20. The van der Waals surface area contributed by atoms with Gasteiger partial charge in [0, 0.05) is 0 Å². The summed E-state index contributed by atoms with van der Waals surface area (Å²) in [5, 5.41) is 19.3. The van der Waals surface area contributed by atoms with Crippen LogP contribution < -0.4 is 0 Å². The maximum Gasteiger partial charge on any atom is 0.160 e. The topological polar surface area (TPSA) is 40.5 Å². The van der Waals surface area contributed by atoms with E-state index < -0.39 is 0 Å². The Labute approximate surface area is 152 Å². The highest BCUT2D eigenvalue weighted by Gasteiger charge is 2.05. The highest BCUT2D eigenvalue weighted by molar-refractivity contribution is 5.44. The predicted molar refractivity (Wildman–Crippen MR) is 105 cm³/mol. The second-order valence-electron chi connectivity index (χ2n) is 7.04. The Morgan fingerprint density at radius 2 is 1.12 bits per heavy atom. The Hall–Kier alpha value is -1.96. The summed E-state index contributed by atoms with van der Waals surface area (Å²) in [5.41, 5.74) is 3.77. The van der Waals surface area contributed by atoms with Crippen LogP contribution in [0.4, 0.5) is 0 Å². The summed E-state index contributed by atoms with van der Waals surface area (Å²) in [5.74, 6) is 0.0411. The van der Waals surface area contributed by atoms with Crippen LogP contribution in [0.1, 0.15) is 68.1 Å². The number of phenolic OH excluding ortho intramolecular Hbond substituents is 2. The van der Waals surface area contributed by atoms with E-state index in [1.165, 1.54) is 68.6 Å². The monoisotopic (exact) mass is 340 g/mol. The molecule has 0 atom stereocenters. The van der Waals surface area contributed by atoms with Gasteiger partial charge in [0.2, 0.25) is 0 Å². The Morgan fingerprint density at radius 1 is 0.600 bits per heavy atom. The second kappa shape index (κ2) is 10.8. The summed E-state index contributed by atoms with van der Waals surface area (Å²) >= 11 is 0. The van der Waals surface area contributed by atoms with Gasteiger partial charge in [-0.2, -0.15) is 0 Å². The van der Waals surface area contributed by atoms with Crippen LogP contribution in [0.2, 0.25) is 0 Å². The Kier molecular flexibility index (Phi) is 8.38. The van der Waals surface area contributed by atoms with Gasteiger partial charge in [0.1, 0.15) is 0 Å². The molecular weight excluding hydrogens is 308 g/mol. The number of rotatable bonds is 11. The number of aromatic hydroxyl groups is 2. The molecule has 0 saturated carbocycles. The molecule has 0 radical (unpaired) electrons. The summed E-state index contributed by atoms with van der Waals surface area (Å²) in [6, 6.07) is 13.9. The molecule has 136 valence electrons. The molecular formula is C23H32O2. The van der Waals surface area contributed by atoms with Crippen molar-refractivity contribution in [1.82, 2.24) is 0 Å². The van der Waals surface area contributed by atoms with Gasteiger partial charge in [0.15, 0.2) is 11.5 Å². The van der Waals surface area contributed by atoms with E-state index in [1.807, 2.05) is 6.07 Å². The first-order valence-corrected chi connectivity index (χ1v) is 9.73. The summed E-state index contributed by atoms with van der Waals surface area (Å²) in [4.78, 5) is 0. The van der Waals surface area contributed by atoms with Gasteiger partial charge in [-0.05, 0) is 55.4 Å². The van der Waals surface area contributed by atoms with Crippen LogP contribution >= 0.6 is 0 Å². The Morgan fingerprint density at radius 3 is 1.76 bits per heavy atom. The van der Waals surface area contributed by atoms with Gasteiger partial charge in [-0.3, -0.25) is 0 Å². The maximum atomic E-state index is 9.77. The fourth-order valence-electron chi connectivity index (χ4n) is 3.36. The van der Waals surface area contributed by atoms with Crippen LogP contribution in [0.5, 0.6) is 11.5 Å². The smallest absolute Gasteiger partial charge is 0.160 e. The molecule has 2 aromatic carbocycles. The van der Waals surface area contributed by atoms with Crippen LogP contribution in [0.25, 0.3) is 0 Å². The zero-order valence-electron chi connectivity index (χ0n) is 15.5. The van der Waals surface area contributed by atoms with Crippen molar-refractivity contribution >= 4 is 0 Å². The number of unbranched alkanes of at least 4 members (excludes halogenated alkanes) is 7. The van der Waals surface area contributed by atoms with Gasteiger partial charge >= 0.3 is 0 Å². The molecule has 0 aliphatic heterocycles. The number of para-hydroxylation sites is 1. The van der Waals surface area contributed by atoms with E-state index in [4.69, 9.17) is 0 Å². The summed E-state index contributed by atoms with van der Waals surface area (Å²) in [6.07, 6.45) is 12.2. The van der Waals surface area contributed by atoms with Crippen molar-refractivity contribution in [2.75, 3.05) is 0 Å². The molecule has 2 rings (SSSR count). The minimum atomic E-state index is -0.0109. The van der Waals surface area contributed by atoms with Crippen LogP contribution in [-0.4, -0.2) is 10.2 Å². The molecule has 0 amide bonds.